The van der Waals surface area contributed by atoms with Crippen molar-refractivity contribution in [3.05, 3.63) is 106 Å². The normalized spacial score (nSPS) is 23.6. The number of benzene rings is 3. The van der Waals surface area contributed by atoms with Crippen LogP contribution in [0.1, 0.15) is 11.1 Å². The summed E-state index contributed by atoms with van der Waals surface area (Å²) in [4.78, 5) is 28.7. The lowest BCUT2D eigenvalue weighted by atomic mass is 9.85. The van der Waals surface area contributed by atoms with E-state index >= 15 is 0 Å². The highest BCUT2D eigenvalue weighted by Gasteiger charge is 2.62. The molecule has 1 saturated heterocycles. The van der Waals surface area contributed by atoms with E-state index in [0.29, 0.717) is 15.7 Å². The minimum atomic E-state index is -0.460. The van der Waals surface area contributed by atoms with Crippen LogP contribution in [0.2, 0.25) is 10.0 Å². The lowest BCUT2D eigenvalue weighted by Gasteiger charge is -2.22. The molecule has 3 aliphatic rings. The van der Waals surface area contributed by atoms with Gasteiger partial charge in [0.05, 0.1) is 41.8 Å². The predicted octanol–water partition coefficient (Wildman–Crippen LogP) is 6.43. The number of ether oxygens (including phenoxy) is 2. The van der Waals surface area contributed by atoms with Crippen molar-refractivity contribution in [3.8, 4) is 11.5 Å². The van der Waals surface area contributed by atoms with Gasteiger partial charge < -0.3 is 9.47 Å². The molecule has 7 heteroatoms. The molecule has 3 aromatic rings. The van der Waals surface area contributed by atoms with Gasteiger partial charge in [0.2, 0.25) is 11.8 Å². The molecule has 1 heterocycles. The Kier molecular flexibility index (Phi) is 5.85. The monoisotopic (exact) mass is 531 g/mol. The number of carbonyl (C=O) groups is 2. The molecule has 0 aromatic heterocycles. The van der Waals surface area contributed by atoms with Crippen LogP contribution in [0.3, 0.4) is 0 Å². The van der Waals surface area contributed by atoms with Crippen molar-refractivity contribution in [2.45, 2.75) is 0 Å². The first-order valence-electron chi connectivity index (χ1n) is 12.0. The lowest BCUT2D eigenvalue weighted by molar-refractivity contribution is -0.122. The summed E-state index contributed by atoms with van der Waals surface area (Å²) in [7, 11) is 3.27. The molecule has 186 valence electrons. The highest BCUT2D eigenvalue weighted by atomic mass is 35.5. The molecular formula is C30H23Cl2NO4. The quantitative estimate of drug-likeness (QED) is 0.281. The largest absolute Gasteiger partial charge is 0.497 e. The van der Waals surface area contributed by atoms with Crippen LogP contribution in [0.5, 0.6) is 11.5 Å². The van der Waals surface area contributed by atoms with Crippen LogP contribution < -0.4 is 14.4 Å². The fourth-order valence-electron chi connectivity index (χ4n) is 5.99. The van der Waals surface area contributed by atoms with Crippen LogP contribution in [0.25, 0.3) is 5.57 Å². The molecule has 1 aliphatic heterocycles. The number of fused-ring (bicyclic) bond motifs is 5. The number of halogens is 2. The van der Waals surface area contributed by atoms with E-state index in [1.807, 2.05) is 48.5 Å². The van der Waals surface area contributed by atoms with Gasteiger partial charge >= 0.3 is 0 Å². The topological polar surface area (TPSA) is 55.8 Å². The van der Waals surface area contributed by atoms with Gasteiger partial charge in [-0.3, -0.25) is 9.59 Å². The SMILES string of the molecule is COc1ccc(C(=C2[C@H]3C=C[C@H]2[C@H]2C(=O)N(c4ccc(Cl)c(Cl)c4)C(=O)[C@H]23)c2ccc(OC)cc2)cc1. The van der Waals surface area contributed by atoms with Gasteiger partial charge in [-0.25, -0.2) is 4.90 Å². The summed E-state index contributed by atoms with van der Waals surface area (Å²) >= 11 is 12.3. The van der Waals surface area contributed by atoms with Gasteiger partial charge in [-0.2, -0.15) is 0 Å². The first-order valence-corrected chi connectivity index (χ1v) is 12.7. The average Bonchev–Trinajstić information content (AvgIpc) is 3.55. The predicted molar refractivity (Wildman–Crippen MR) is 144 cm³/mol. The Labute approximate surface area is 224 Å². The van der Waals surface area contributed by atoms with Crippen molar-refractivity contribution in [1.82, 2.24) is 0 Å². The van der Waals surface area contributed by atoms with E-state index < -0.39 is 11.8 Å². The molecule has 0 radical (unpaired) electrons. The van der Waals surface area contributed by atoms with Crippen molar-refractivity contribution in [1.29, 1.82) is 0 Å². The summed E-state index contributed by atoms with van der Waals surface area (Å²) < 4.78 is 10.7. The minimum absolute atomic E-state index is 0.182. The maximum atomic E-state index is 13.7. The Balaban J connectivity index is 1.47. The number of allylic oxidation sites excluding steroid dienone is 3. The van der Waals surface area contributed by atoms with Gasteiger partial charge in [-0.05, 0) is 64.7 Å². The van der Waals surface area contributed by atoms with Crippen molar-refractivity contribution in [2.24, 2.45) is 23.7 Å². The average molecular weight is 532 g/mol. The number of methoxy groups -OCH3 is 2. The van der Waals surface area contributed by atoms with Gasteiger partial charge in [0, 0.05) is 11.8 Å². The van der Waals surface area contributed by atoms with Crippen LogP contribution >= 0.6 is 23.2 Å². The zero-order chi connectivity index (χ0) is 25.8. The summed E-state index contributed by atoms with van der Waals surface area (Å²) in [6, 6.07) is 20.6. The number of nitrogens with zero attached hydrogens (tertiary/aromatic N) is 1. The zero-order valence-electron chi connectivity index (χ0n) is 20.2. The Morgan fingerprint density at radius 3 is 1.62 bits per heavy atom. The van der Waals surface area contributed by atoms with Crippen LogP contribution in [0.4, 0.5) is 5.69 Å². The molecule has 2 aliphatic carbocycles. The second-order valence-electron chi connectivity index (χ2n) is 9.39. The van der Waals surface area contributed by atoms with E-state index in [4.69, 9.17) is 32.7 Å². The van der Waals surface area contributed by atoms with E-state index in [2.05, 4.69) is 12.2 Å². The third kappa shape index (κ3) is 3.68. The standard InChI is InChI=1S/C30H23Cl2NO4/c1-36-19-8-3-16(4-9-19)25(17-5-10-20(37-2)11-6-17)26-21-12-13-22(26)28-27(21)29(34)33(30(28)35)18-7-14-23(31)24(32)15-18/h3-15,21-22,27-28H,1-2H3/t21-,22-,27-,28+/m1/s1. The molecule has 4 atom stereocenters. The smallest absolute Gasteiger partial charge is 0.238 e. The van der Waals surface area contributed by atoms with Gasteiger partial charge in [0.25, 0.3) is 0 Å². The molecule has 2 fully saturated rings. The van der Waals surface area contributed by atoms with Gasteiger partial charge in [0.15, 0.2) is 0 Å². The molecule has 5 nitrogen and oxygen atoms in total. The molecule has 2 amide bonds. The fourth-order valence-corrected chi connectivity index (χ4v) is 6.28. The Morgan fingerprint density at radius 2 is 1.19 bits per heavy atom. The zero-order valence-corrected chi connectivity index (χ0v) is 21.7. The molecule has 0 unspecified atom stereocenters. The maximum Gasteiger partial charge on any atom is 0.238 e. The first-order chi connectivity index (χ1) is 17.9. The molecule has 6 rings (SSSR count). The van der Waals surface area contributed by atoms with Crippen LogP contribution in [-0.4, -0.2) is 26.0 Å². The summed E-state index contributed by atoms with van der Waals surface area (Å²) in [5, 5.41) is 0.681. The van der Waals surface area contributed by atoms with Gasteiger partial charge in [0.1, 0.15) is 11.5 Å². The third-order valence-corrected chi connectivity index (χ3v) is 8.36. The molecule has 0 spiro atoms. The van der Waals surface area contributed by atoms with E-state index in [9.17, 15) is 9.59 Å². The number of carbonyl (C=O) groups excluding carboxylic acids is 2. The van der Waals surface area contributed by atoms with Crippen molar-refractivity contribution in [3.63, 3.8) is 0 Å². The molecular weight excluding hydrogens is 509 g/mol. The number of hydrogen-bond acceptors (Lipinski definition) is 4. The summed E-state index contributed by atoms with van der Waals surface area (Å²) in [5.74, 6) is -0.170. The number of imide groups is 1. The first kappa shape index (κ1) is 23.8. The highest BCUT2D eigenvalue weighted by molar-refractivity contribution is 6.42. The van der Waals surface area contributed by atoms with Crippen LogP contribution in [-0.2, 0) is 9.59 Å². The Morgan fingerprint density at radius 1 is 0.703 bits per heavy atom. The van der Waals surface area contributed by atoms with Crippen molar-refractivity contribution < 1.29 is 19.1 Å². The van der Waals surface area contributed by atoms with Crippen LogP contribution in [0.15, 0.2) is 84.5 Å². The van der Waals surface area contributed by atoms with Gasteiger partial charge in [-0.1, -0.05) is 59.6 Å². The summed E-state index contributed by atoms with van der Waals surface area (Å²) in [6.07, 6.45) is 4.16. The van der Waals surface area contributed by atoms with Gasteiger partial charge in [-0.15, -0.1) is 0 Å². The van der Waals surface area contributed by atoms with Crippen LogP contribution in [0, 0.1) is 23.7 Å². The molecule has 2 bridgehead atoms. The summed E-state index contributed by atoms with van der Waals surface area (Å²) in [6.45, 7) is 0. The number of anilines is 1. The highest BCUT2D eigenvalue weighted by Crippen LogP contribution is 2.59. The van der Waals surface area contributed by atoms with E-state index in [1.54, 1.807) is 32.4 Å². The molecule has 1 saturated carbocycles. The van der Waals surface area contributed by atoms with Crippen molar-refractivity contribution in [2.75, 3.05) is 19.1 Å². The number of amides is 2. The summed E-state index contributed by atoms with van der Waals surface area (Å²) in [5.41, 5.74) is 4.58. The number of rotatable bonds is 5. The van der Waals surface area contributed by atoms with Crippen molar-refractivity contribution >= 4 is 46.3 Å². The molecule has 0 N–H and O–H groups in total. The maximum absolute atomic E-state index is 13.7. The molecule has 3 aromatic carbocycles. The fraction of sp³-hybridized carbons (Fsp3) is 0.200. The lowest BCUT2D eigenvalue weighted by Crippen LogP contribution is -2.33. The Bertz CT molecular complexity index is 1390. The Hall–Kier alpha value is -3.54. The van der Waals surface area contributed by atoms with E-state index in [1.165, 1.54) is 4.90 Å². The minimum Gasteiger partial charge on any atom is -0.497 e. The molecule has 37 heavy (non-hydrogen) atoms. The second kappa shape index (κ2) is 9.09. The third-order valence-electron chi connectivity index (χ3n) is 7.62. The number of hydrogen-bond donors (Lipinski definition) is 0. The van der Waals surface area contributed by atoms with E-state index in [-0.39, 0.29) is 23.7 Å². The second-order valence-corrected chi connectivity index (χ2v) is 10.2. The van der Waals surface area contributed by atoms with E-state index in [0.717, 1.165) is 33.8 Å².